The van der Waals surface area contributed by atoms with Gasteiger partial charge in [0.05, 0.1) is 16.9 Å². The van der Waals surface area contributed by atoms with Gasteiger partial charge in [0.2, 0.25) is 0 Å². The van der Waals surface area contributed by atoms with Crippen LogP contribution in [0.5, 0.6) is 5.75 Å². The van der Waals surface area contributed by atoms with E-state index in [2.05, 4.69) is 20.2 Å². The molecule has 0 radical (unpaired) electrons. The molecule has 0 saturated heterocycles. The highest BCUT2D eigenvalue weighted by atomic mass is 19.1. The first kappa shape index (κ1) is 22.9. The van der Waals surface area contributed by atoms with E-state index in [9.17, 15) is 4.39 Å². The topological polar surface area (TPSA) is 82.7 Å². The number of pyridine rings is 2. The first-order chi connectivity index (χ1) is 18.0. The van der Waals surface area contributed by atoms with Gasteiger partial charge in [0.1, 0.15) is 29.4 Å². The van der Waals surface area contributed by atoms with Crippen molar-refractivity contribution in [2.75, 3.05) is 27.2 Å². The van der Waals surface area contributed by atoms with Crippen molar-refractivity contribution in [3.8, 4) is 39.5 Å². The maximum absolute atomic E-state index is 14.6. The normalized spacial score (nSPS) is 11.6. The molecule has 0 amide bonds. The third-order valence-corrected chi connectivity index (χ3v) is 6.29. The van der Waals surface area contributed by atoms with E-state index >= 15 is 0 Å². The van der Waals surface area contributed by atoms with Crippen LogP contribution in [-0.4, -0.2) is 57.3 Å². The largest absolute Gasteiger partial charge is 0.492 e. The molecule has 0 fully saturated rings. The highest BCUT2D eigenvalue weighted by molar-refractivity contribution is 6.00. The zero-order valence-electron chi connectivity index (χ0n) is 20.5. The molecular formula is C29H25FN6O. The quantitative estimate of drug-likeness (QED) is 0.289. The van der Waals surface area contributed by atoms with E-state index in [4.69, 9.17) is 9.72 Å². The molecule has 6 aromatic rings. The fourth-order valence-electron chi connectivity index (χ4n) is 4.45. The second kappa shape index (κ2) is 9.48. The Morgan fingerprint density at radius 2 is 1.78 bits per heavy atom. The molecular weight excluding hydrogens is 467 g/mol. The minimum absolute atomic E-state index is 0.337. The Kier molecular flexibility index (Phi) is 5.86. The number of hydrogen-bond donors (Lipinski definition) is 2. The summed E-state index contributed by atoms with van der Waals surface area (Å²) in [6.45, 7) is 1.23. The summed E-state index contributed by atoms with van der Waals surface area (Å²) in [6, 6.07) is 20.6. The van der Waals surface area contributed by atoms with Crippen LogP contribution in [0.3, 0.4) is 0 Å². The van der Waals surface area contributed by atoms with Crippen molar-refractivity contribution in [3.05, 3.63) is 84.9 Å². The number of nitrogens with one attached hydrogen (secondary N) is 2. The summed E-state index contributed by atoms with van der Waals surface area (Å²) in [5.41, 5.74) is 7.57. The zero-order chi connectivity index (χ0) is 25.4. The molecule has 0 aliphatic rings. The van der Waals surface area contributed by atoms with Crippen molar-refractivity contribution < 1.29 is 9.13 Å². The van der Waals surface area contributed by atoms with Gasteiger partial charge in [-0.15, -0.1) is 0 Å². The summed E-state index contributed by atoms with van der Waals surface area (Å²) in [6.07, 6.45) is 3.50. The third-order valence-electron chi connectivity index (χ3n) is 6.29. The van der Waals surface area contributed by atoms with Gasteiger partial charge < -0.3 is 14.6 Å². The fraction of sp³-hybridized carbons (Fsp3) is 0.138. The molecule has 0 aliphatic heterocycles. The Morgan fingerprint density at radius 3 is 2.62 bits per heavy atom. The first-order valence-electron chi connectivity index (χ1n) is 12.0. The number of H-pyrrole nitrogens is 2. The number of aromatic amines is 2. The number of fused-ring (bicyclic) bond motifs is 2. The van der Waals surface area contributed by atoms with Crippen molar-refractivity contribution >= 4 is 21.9 Å². The highest BCUT2D eigenvalue weighted by Crippen LogP contribution is 2.35. The molecule has 0 spiro atoms. The molecule has 0 unspecified atom stereocenters. The standard InChI is InChI=1S/C29H25FN6O/c1-36(2)12-13-37-21-15-19(14-20(30)16-21)22-4-3-5-25-23(22)17-27(32-25)29-28-26(34-35-29)7-6-24(33-28)18-8-10-31-11-9-18/h3-11,14-17,32H,12-13H2,1-2H3,(H,34,35). The van der Waals surface area contributed by atoms with Gasteiger partial charge in [-0.2, -0.15) is 5.10 Å². The van der Waals surface area contributed by atoms with Gasteiger partial charge in [-0.3, -0.25) is 10.1 Å². The number of hydrogen-bond acceptors (Lipinski definition) is 5. The van der Waals surface area contributed by atoms with Crippen LogP contribution in [-0.2, 0) is 0 Å². The number of aromatic nitrogens is 5. The Balaban J connectivity index is 1.41. The minimum atomic E-state index is -0.337. The molecule has 37 heavy (non-hydrogen) atoms. The Hall–Kier alpha value is -4.56. The van der Waals surface area contributed by atoms with E-state index in [0.29, 0.717) is 12.4 Å². The molecule has 0 saturated carbocycles. The third kappa shape index (κ3) is 4.54. The smallest absolute Gasteiger partial charge is 0.135 e. The van der Waals surface area contributed by atoms with Gasteiger partial charge >= 0.3 is 0 Å². The Morgan fingerprint density at radius 1 is 0.919 bits per heavy atom. The lowest BCUT2D eigenvalue weighted by atomic mass is 10.0. The van der Waals surface area contributed by atoms with Gasteiger partial charge in [-0.05, 0) is 73.8 Å². The minimum Gasteiger partial charge on any atom is -0.492 e. The fourth-order valence-corrected chi connectivity index (χ4v) is 4.45. The van der Waals surface area contributed by atoms with E-state index in [0.717, 1.165) is 62.3 Å². The van der Waals surface area contributed by atoms with E-state index in [1.54, 1.807) is 12.4 Å². The first-order valence-corrected chi connectivity index (χ1v) is 12.0. The summed E-state index contributed by atoms with van der Waals surface area (Å²) in [5, 5.41) is 8.60. The Bertz CT molecular complexity index is 1710. The van der Waals surface area contributed by atoms with Crippen LogP contribution < -0.4 is 4.74 Å². The molecule has 0 aliphatic carbocycles. The molecule has 184 valence electrons. The predicted octanol–water partition coefficient (Wildman–Crippen LogP) is 5.91. The van der Waals surface area contributed by atoms with Crippen LogP contribution in [0.15, 0.2) is 79.1 Å². The zero-order valence-corrected chi connectivity index (χ0v) is 20.5. The number of halogens is 1. The predicted molar refractivity (Wildman–Crippen MR) is 144 cm³/mol. The molecule has 8 heteroatoms. The van der Waals surface area contributed by atoms with Crippen molar-refractivity contribution in [1.29, 1.82) is 0 Å². The molecule has 7 nitrogen and oxygen atoms in total. The van der Waals surface area contributed by atoms with Crippen molar-refractivity contribution in [2.45, 2.75) is 0 Å². The SMILES string of the molecule is CN(C)CCOc1cc(F)cc(-c2cccc3[nH]c(-c4n[nH]c5ccc(-c6ccncc6)nc45)cc23)c1. The maximum atomic E-state index is 14.6. The van der Waals surface area contributed by atoms with Gasteiger partial charge in [0.25, 0.3) is 0 Å². The number of rotatable bonds is 7. The van der Waals surface area contributed by atoms with Crippen LogP contribution in [0.1, 0.15) is 0 Å². The number of benzene rings is 2. The van der Waals surface area contributed by atoms with E-state index < -0.39 is 0 Å². The lowest BCUT2D eigenvalue weighted by Gasteiger charge is -2.12. The second-order valence-corrected chi connectivity index (χ2v) is 9.18. The van der Waals surface area contributed by atoms with Crippen LogP contribution in [0.4, 0.5) is 4.39 Å². The summed E-state index contributed by atoms with van der Waals surface area (Å²) in [5.74, 6) is 0.173. The molecule has 4 aromatic heterocycles. The van der Waals surface area contributed by atoms with E-state index in [-0.39, 0.29) is 5.82 Å². The highest BCUT2D eigenvalue weighted by Gasteiger charge is 2.16. The summed E-state index contributed by atoms with van der Waals surface area (Å²) in [4.78, 5) is 14.5. The lowest BCUT2D eigenvalue weighted by molar-refractivity contribution is 0.260. The molecule has 4 heterocycles. The average molecular weight is 493 g/mol. The number of nitrogens with zero attached hydrogens (tertiary/aromatic N) is 4. The van der Waals surface area contributed by atoms with Gasteiger partial charge in [0.15, 0.2) is 0 Å². The second-order valence-electron chi connectivity index (χ2n) is 9.18. The molecule has 0 bridgehead atoms. The lowest BCUT2D eigenvalue weighted by Crippen LogP contribution is -2.19. The van der Waals surface area contributed by atoms with Crippen molar-refractivity contribution in [1.82, 2.24) is 30.0 Å². The van der Waals surface area contributed by atoms with Gasteiger partial charge in [-0.25, -0.2) is 9.37 Å². The number of likely N-dealkylation sites (N-methyl/N-ethyl adjacent to an activating group) is 1. The van der Waals surface area contributed by atoms with Gasteiger partial charge in [-0.1, -0.05) is 12.1 Å². The summed E-state index contributed by atoms with van der Waals surface area (Å²) in [7, 11) is 3.95. The summed E-state index contributed by atoms with van der Waals surface area (Å²) >= 11 is 0. The van der Waals surface area contributed by atoms with E-state index in [1.807, 2.05) is 73.6 Å². The van der Waals surface area contributed by atoms with Crippen LogP contribution in [0.25, 0.3) is 55.7 Å². The molecule has 0 atom stereocenters. The van der Waals surface area contributed by atoms with Crippen LogP contribution >= 0.6 is 0 Å². The molecule has 2 aromatic carbocycles. The van der Waals surface area contributed by atoms with Crippen molar-refractivity contribution in [2.24, 2.45) is 0 Å². The molecule has 2 N–H and O–H groups in total. The average Bonchev–Trinajstić information content (AvgIpc) is 3.52. The van der Waals surface area contributed by atoms with Crippen molar-refractivity contribution in [3.63, 3.8) is 0 Å². The van der Waals surface area contributed by atoms with Gasteiger partial charge in [0, 0.05) is 41.5 Å². The summed E-state index contributed by atoms with van der Waals surface area (Å²) < 4.78 is 20.4. The van der Waals surface area contributed by atoms with E-state index in [1.165, 1.54) is 12.1 Å². The maximum Gasteiger partial charge on any atom is 0.135 e. The number of ether oxygens (including phenoxy) is 1. The van der Waals surface area contributed by atoms with Crippen LogP contribution in [0.2, 0.25) is 0 Å². The molecule has 6 rings (SSSR count). The van der Waals surface area contributed by atoms with Crippen LogP contribution in [0, 0.1) is 5.82 Å². The Labute approximate surface area is 213 Å². The monoisotopic (exact) mass is 492 g/mol.